The average molecular weight is 278 g/mol. The minimum atomic E-state index is 0.000514. The van der Waals surface area contributed by atoms with E-state index in [0.717, 1.165) is 32.5 Å². The van der Waals surface area contributed by atoms with E-state index >= 15 is 0 Å². The number of nitrogens with two attached hydrogens (primary N) is 1. The van der Waals surface area contributed by atoms with Crippen LogP contribution in [0.3, 0.4) is 0 Å². The highest BCUT2D eigenvalue weighted by molar-refractivity contribution is 5.99. The molecule has 0 spiro atoms. The second-order valence-corrected chi connectivity index (χ2v) is 5.09. The number of oxime groups is 1. The van der Waals surface area contributed by atoms with E-state index in [-0.39, 0.29) is 5.84 Å². The summed E-state index contributed by atoms with van der Waals surface area (Å²) < 4.78 is 0. The predicted octanol–water partition coefficient (Wildman–Crippen LogP) is 0.492. The van der Waals surface area contributed by atoms with Gasteiger partial charge in [-0.1, -0.05) is 12.1 Å². The van der Waals surface area contributed by atoms with Crippen molar-refractivity contribution in [1.29, 1.82) is 0 Å². The Labute approximate surface area is 119 Å². The van der Waals surface area contributed by atoms with Crippen molar-refractivity contribution in [1.82, 2.24) is 14.9 Å². The second kappa shape index (κ2) is 6.51. The zero-order valence-corrected chi connectivity index (χ0v) is 12.0. The first-order valence-electron chi connectivity index (χ1n) is 6.91. The zero-order valence-electron chi connectivity index (χ0n) is 12.0. The van der Waals surface area contributed by atoms with Gasteiger partial charge >= 0.3 is 0 Å². The highest BCUT2D eigenvalue weighted by atomic mass is 16.4. The molecule has 2 rings (SSSR count). The van der Waals surface area contributed by atoms with Crippen LogP contribution in [0, 0.1) is 0 Å². The largest absolute Gasteiger partial charge is 0.409 e. The summed E-state index contributed by atoms with van der Waals surface area (Å²) in [4.78, 5) is 13.2. The first-order chi connectivity index (χ1) is 9.67. The molecule has 1 aromatic heterocycles. The predicted molar refractivity (Wildman–Crippen MR) is 78.1 cm³/mol. The Morgan fingerprint density at radius 2 is 2.20 bits per heavy atom. The maximum atomic E-state index is 8.90. The molecule has 1 unspecified atom stereocenters. The Balaban J connectivity index is 2.38. The SMILES string of the molecule is CCC1CN(C)CCCN1c1nccnc1C(N)=NO. The Hall–Kier alpha value is -1.89. The van der Waals surface area contributed by atoms with Crippen LogP contribution in [0.15, 0.2) is 17.5 Å². The van der Waals surface area contributed by atoms with Crippen LogP contribution >= 0.6 is 0 Å². The van der Waals surface area contributed by atoms with E-state index in [1.165, 1.54) is 0 Å². The van der Waals surface area contributed by atoms with E-state index in [4.69, 9.17) is 10.9 Å². The molecule has 7 heteroatoms. The third-order valence-electron chi connectivity index (χ3n) is 3.67. The second-order valence-electron chi connectivity index (χ2n) is 5.09. The molecule has 0 amide bonds. The highest BCUT2D eigenvalue weighted by Crippen LogP contribution is 2.22. The summed E-state index contributed by atoms with van der Waals surface area (Å²) in [5.74, 6) is 0.700. The van der Waals surface area contributed by atoms with E-state index in [1.54, 1.807) is 12.4 Å². The van der Waals surface area contributed by atoms with Crippen molar-refractivity contribution >= 4 is 11.7 Å². The molecule has 1 aliphatic heterocycles. The van der Waals surface area contributed by atoms with Gasteiger partial charge in [0, 0.05) is 31.5 Å². The number of rotatable bonds is 3. The van der Waals surface area contributed by atoms with Gasteiger partial charge in [-0.05, 0) is 26.4 Å². The third kappa shape index (κ3) is 2.98. The number of amidine groups is 1. The van der Waals surface area contributed by atoms with Crippen molar-refractivity contribution in [2.45, 2.75) is 25.8 Å². The average Bonchev–Trinajstić information content (AvgIpc) is 2.67. The van der Waals surface area contributed by atoms with Gasteiger partial charge in [0.2, 0.25) is 0 Å². The summed E-state index contributed by atoms with van der Waals surface area (Å²) in [7, 11) is 2.13. The molecular formula is C13H22N6O. The smallest absolute Gasteiger partial charge is 0.192 e. The molecule has 1 fully saturated rings. The first-order valence-corrected chi connectivity index (χ1v) is 6.91. The molecular weight excluding hydrogens is 256 g/mol. The van der Waals surface area contributed by atoms with Gasteiger partial charge in [-0.2, -0.15) is 0 Å². The molecule has 7 nitrogen and oxygen atoms in total. The number of hydrogen-bond acceptors (Lipinski definition) is 6. The maximum Gasteiger partial charge on any atom is 0.192 e. The van der Waals surface area contributed by atoms with Crippen molar-refractivity contribution in [3.8, 4) is 0 Å². The van der Waals surface area contributed by atoms with Gasteiger partial charge in [0.05, 0.1) is 0 Å². The normalized spacial score (nSPS) is 21.8. The molecule has 3 N–H and O–H groups in total. The van der Waals surface area contributed by atoms with Crippen LogP contribution in [0.2, 0.25) is 0 Å². The zero-order chi connectivity index (χ0) is 14.5. The number of anilines is 1. The summed E-state index contributed by atoms with van der Waals surface area (Å²) >= 11 is 0. The molecule has 0 bridgehead atoms. The summed E-state index contributed by atoms with van der Waals surface area (Å²) in [6.07, 6.45) is 5.27. The van der Waals surface area contributed by atoms with Gasteiger partial charge in [0.25, 0.3) is 0 Å². The van der Waals surface area contributed by atoms with E-state index in [2.05, 4.69) is 38.9 Å². The van der Waals surface area contributed by atoms with Crippen molar-refractivity contribution in [3.05, 3.63) is 18.1 Å². The Morgan fingerprint density at radius 3 is 2.90 bits per heavy atom. The van der Waals surface area contributed by atoms with Gasteiger partial charge in [0.15, 0.2) is 17.3 Å². The van der Waals surface area contributed by atoms with E-state index in [0.29, 0.717) is 17.6 Å². The molecule has 0 radical (unpaired) electrons. The van der Waals surface area contributed by atoms with Crippen LogP contribution in [-0.2, 0) is 0 Å². The summed E-state index contributed by atoms with van der Waals surface area (Å²) in [5.41, 5.74) is 6.16. The standard InChI is InChI=1S/C13H22N6O/c1-3-10-9-18(2)7-4-8-19(10)13-11(12(14)17-20)15-5-6-16-13/h5-6,10,20H,3-4,7-9H2,1-2H3,(H2,14,17). The maximum absolute atomic E-state index is 8.90. The molecule has 0 aliphatic carbocycles. The lowest BCUT2D eigenvalue weighted by atomic mass is 10.1. The van der Waals surface area contributed by atoms with Gasteiger partial charge in [-0.25, -0.2) is 9.97 Å². The molecule has 1 atom stereocenters. The molecule has 1 aliphatic rings. The van der Waals surface area contributed by atoms with Crippen molar-refractivity contribution < 1.29 is 5.21 Å². The Bertz CT molecular complexity index is 478. The minimum Gasteiger partial charge on any atom is -0.409 e. The van der Waals surface area contributed by atoms with Crippen LogP contribution in [0.4, 0.5) is 5.82 Å². The molecule has 20 heavy (non-hydrogen) atoms. The molecule has 0 saturated carbocycles. The molecule has 0 aromatic carbocycles. The van der Waals surface area contributed by atoms with Crippen molar-refractivity contribution in [2.75, 3.05) is 31.6 Å². The van der Waals surface area contributed by atoms with Gasteiger partial charge in [0.1, 0.15) is 0 Å². The number of nitrogens with zero attached hydrogens (tertiary/aromatic N) is 5. The number of aromatic nitrogens is 2. The summed E-state index contributed by atoms with van der Waals surface area (Å²) in [6.45, 7) is 5.10. The van der Waals surface area contributed by atoms with E-state index in [1.807, 2.05) is 0 Å². The van der Waals surface area contributed by atoms with Gasteiger partial charge < -0.3 is 20.7 Å². The monoisotopic (exact) mass is 278 g/mol. The Morgan fingerprint density at radius 1 is 1.45 bits per heavy atom. The fourth-order valence-electron chi connectivity index (χ4n) is 2.64. The quantitative estimate of drug-likeness (QED) is 0.362. The van der Waals surface area contributed by atoms with E-state index < -0.39 is 0 Å². The highest BCUT2D eigenvalue weighted by Gasteiger charge is 2.26. The number of likely N-dealkylation sites (N-methyl/N-ethyl adjacent to an activating group) is 1. The topological polar surface area (TPSA) is 90.9 Å². The lowest BCUT2D eigenvalue weighted by molar-refractivity contribution is 0.318. The van der Waals surface area contributed by atoms with Crippen LogP contribution in [-0.4, -0.2) is 58.6 Å². The molecule has 1 aromatic rings. The first kappa shape index (κ1) is 14.5. The lowest BCUT2D eigenvalue weighted by Crippen LogP contribution is -2.41. The van der Waals surface area contributed by atoms with E-state index in [9.17, 15) is 0 Å². The van der Waals surface area contributed by atoms with Crippen molar-refractivity contribution in [3.63, 3.8) is 0 Å². The fraction of sp³-hybridized carbons (Fsp3) is 0.615. The van der Waals surface area contributed by atoms with Crippen LogP contribution in [0.5, 0.6) is 0 Å². The van der Waals surface area contributed by atoms with Crippen LogP contribution in [0.25, 0.3) is 0 Å². The number of hydrogen-bond donors (Lipinski definition) is 2. The fourth-order valence-corrected chi connectivity index (χ4v) is 2.64. The van der Waals surface area contributed by atoms with Crippen molar-refractivity contribution in [2.24, 2.45) is 10.9 Å². The van der Waals surface area contributed by atoms with Gasteiger partial charge in [-0.15, -0.1) is 0 Å². The summed E-state index contributed by atoms with van der Waals surface area (Å²) in [6, 6.07) is 0.351. The molecule has 1 saturated heterocycles. The van der Waals surface area contributed by atoms with Gasteiger partial charge in [-0.3, -0.25) is 0 Å². The van der Waals surface area contributed by atoms with Crippen LogP contribution < -0.4 is 10.6 Å². The third-order valence-corrected chi connectivity index (χ3v) is 3.67. The molecule has 110 valence electrons. The Kier molecular flexibility index (Phi) is 4.73. The van der Waals surface area contributed by atoms with Crippen LogP contribution in [0.1, 0.15) is 25.5 Å². The summed E-state index contributed by atoms with van der Waals surface area (Å²) in [5, 5.41) is 12.0. The molecule has 2 heterocycles. The lowest BCUT2D eigenvalue weighted by Gasteiger charge is -2.31. The minimum absolute atomic E-state index is 0.000514.